The van der Waals surface area contributed by atoms with Gasteiger partial charge < -0.3 is 5.32 Å². The molecule has 0 amide bonds. The lowest BCUT2D eigenvalue weighted by Crippen LogP contribution is -2.00. The van der Waals surface area contributed by atoms with E-state index in [1.54, 1.807) is 6.07 Å². The first-order valence-corrected chi connectivity index (χ1v) is 6.20. The fraction of sp³-hybridized carbons (Fsp3) is 0. The number of nitrogens with one attached hydrogen (secondary N) is 1. The maximum absolute atomic E-state index is 13.7. The lowest BCUT2D eigenvalue weighted by atomic mass is 10.2. The number of nitriles is 1. The van der Waals surface area contributed by atoms with Gasteiger partial charge in [-0.1, -0.05) is 0 Å². The summed E-state index contributed by atoms with van der Waals surface area (Å²) in [6.07, 6.45) is 0. The molecule has 0 fully saturated rings. The third-order valence-corrected chi connectivity index (χ3v) is 3.25. The summed E-state index contributed by atoms with van der Waals surface area (Å²) >= 11 is 1.85. The van der Waals surface area contributed by atoms with Crippen molar-refractivity contribution in [2.24, 2.45) is 0 Å². The molecule has 0 aliphatic heterocycles. The zero-order chi connectivity index (χ0) is 14.0. The van der Waals surface area contributed by atoms with Gasteiger partial charge in [0.1, 0.15) is 11.5 Å². The SMILES string of the molecule is N#Cc1cc(F)c(Nc2ccc(F)cc2I)c(F)c1. The van der Waals surface area contributed by atoms with Gasteiger partial charge >= 0.3 is 0 Å². The summed E-state index contributed by atoms with van der Waals surface area (Å²) in [7, 11) is 0. The standard InChI is InChI=1S/C13H6F3IN2/c14-8-1-2-12(11(17)5-8)19-13-9(15)3-7(6-18)4-10(13)16/h1-5,19H. The highest BCUT2D eigenvalue weighted by atomic mass is 127. The van der Waals surface area contributed by atoms with Crippen LogP contribution in [-0.2, 0) is 0 Å². The molecule has 0 aliphatic carbocycles. The fourth-order valence-corrected chi connectivity index (χ4v) is 2.09. The van der Waals surface area contributed by atoms with E-state index < -0.39 is 17.5 Å². The van der Waals surface area contributed by atoms with Gasteiger partial charge in [0.2, 0.25) is 0 Å². The molecular formula is C13H6F3IN2. The predicted octanol–water partition coefficient (Wildman–Crippen LogP) is 4.32. The number of halogens is 4. The lowest BCUT2D eigenvalue weighted by molar-refractivity contribution is 0.590. The summed E-state index contributed by atoms with van der Waals surface area (Å²) in [6, 6.07) is 7.33. The third kappa shape index (κ3) is 2.98. The van der Waals surface area contributed by atoms with Gasteiger partial charge in [-0.15, -0.1) is 0 Å². The maximum Gasteiger partial charge on any atom is 0.150 e. The molecule has 0 aliphatic rings. The van der Waals surface area contributed by atoms with Gasteiger partial charge in [-0.3, -0.25) is 0 Å². The Hall–Kier alpha value is -1.75. The van der Waals surface area contributed by atoms with Crippen LogP contribution in [0.25, 0.3) is 0 Å². The van der Waals surface area contributed by atoms with E-state index in [-0.39, 0.29) is 11.3 Å². The second kappa shape index (κ2) is 5.48. The molecule has 0 heterocycles. The van der Waals surface area contributed by atoms with Crippen LogP contribution in [0.2, 0.25) is 0 Å². The fourth-order valence-electron chi connectivity index (χ4n) is 1.48. The second-order valence-electron chi connectivity index (χ2n) is 3.68. The zero-order valence-electron chi connectivity index (χ0n) is 9.35. The Morgan fingerprint density at radius 1 is 1.05 bits per heavy atom. The van der Waals surface area contributed by atoms with Crippen LogP contribution in [0.1, 0.15) is 5.56 Å². The Morgan fingerprint density at radius 3 is 2.21 bits per heavy atom. The normalized spacial score (nSPS) is 10.1. The molecular weight excluding hydrogens is 368 g/mol. The van der Waals surface area contributed by atoms with Crippen molar-refractivity contribution in [2.75, 3.05) is 5.32 Å². The van der Waals surface area contributed by atoms with Crippen LogP contribution in [0.3, 0.4) is 0 Å². The quantitative estimate of drug-likeness (QED) is 0.795. The molecule has 6 heteroatoms. The number of benzene rings is 2. The highest BCUT2D eigenvalue weighted by Gasteiger charge is 2.13. The minimum atomic E-state index is -0.878. The third-order valence-electron chi connectivity index (χ3n) is 2.36. The molecule has 0 atom stereocenters. The van der Waals surface area contributed by atoms with E-state index >= 15 is 0 Å². The van der Waals surface area contributed by atoms with Crippen molar-refractivity contribution in [1.82, 2.24) is 0 Å². The van der Waals surface area contributed by atoms with Crippen molar-refractivity contribution in [1.29, 1.82) is 5.26 Å². The Kier molecular flexibility index (Phi) is 3.95. The van der Waals surface area contributed by atoms with Gasteiger partial charge in [-0.25, -0.2) is 13.2 Å². The van der Waals surface area contributed by atoms with Crippen LogP contribution in [0.15, 0.2) is 30.3 Å². The number of anilines is 2. The first-order valence-electron chi connectivity index (χ1n) is 5.12. The van der Waals surface area contributed by atoms with Crippen molar-refractivity contribution < 1.29 is 13.2 Å². The van der Waals surface area contributed by atoms with Gasteiger partial charge in [0.05, 0.1) is 17.3 Å². The summed E-state index contributed by atoms with van der Waals surface area (Å²) in [5.41, 5.74) is -0.0950. The molecule has 2 rings (SSSR count). The molecule has 19 heavy (non-hydrogen) atoms. The van der Waals surface area contributed by atoms with Gasteiger partial charge in [-0.05, 0) is 52.9 Å². The number of hydrogen-bond acceptors (Lipinski definition) is 2. The molecule has 0 unspecified atom stereocenters. The Morgan fingerprint density at radius 2 is 1.68 bits per heavy atom. The molecule has 0 saturated carbocycles. The summed E-state index contributed by atoms with van der Waals surface area (Å²) in [6.45, 7) is 0. The molecule has 1 N–H and O–H groups in total. The minimum Gasteiger partial charge on any atom is -0.350 e. The van der Waals surface area contributed by atoms with Crippen molar-refractivity contribution in [3.63, 3.8) is 0 Å². The van der Waals surface area contributed by atoms with E-state index in [9.17, 15) is 13.2 Å². The highest BCUT2D eigenvalue weighted by Crippen LogP contribution is 2.27. The van der Waals surface area contributed by atoms with Crippen LogP contribution in [0, 0.1) is 32.4 Å². The molecule has 2 aromatic carbocycles. The van der Waals surface area contributed by atoms with E-state index in [0.717, 1.165) is 12.1 Å². The van der Waals surface area contributed by atoms with Gasteiger partial charge in [0.25, 0.3) is 0 Å². The van der Waals surface area contributed by atoms with Crippen LogP contribution >= 0.6 is 22.6 Å². The van der Waals surface area contributed by atoms with Crippen LogP contribution < -0.4 is 5.32 Å². The average molecular weight is 374 g/mol. The molecule has 0 radical (unpaired) electrons. The van der Waals surface area contributed by atoms with Crippen LogP contribution in [-0.4, -0.2) is 0 Å². The van der Waals surface area contributed by atoms with Crippen molar-refractivity contribution in [3.8, 4) is 6.07 Å². The van der Waals surface area contributed by atoms with Crippen LogP contribution in [0.4, 0.5) is 24.5 Å². The lowest BCUT2D eigenvalue weighted by Gasteiger charge is -2.10. The maximum atomic E-state index is 13.7. The highest BCUT2D eigenvalue weighted by molar-refractivity contribution is 14.1. The summed E-state index contributed by atoms with van der Waals surface area (Å²) in [4.78, 5) is 0. The van der Waals surface area contributed by atoms with E-state index in [4.69, 9.17) is 5.26 Å². The predicted molar refractivity (Wildman–Crippen MR) is 73.5 cm³/mol. The topological polar surface area (TPSA) is 35.8 Å². The Bertz CT molecular complexity index is 657. The largest absolute Gasteiger partial charge is 0.350 e. The van der Waals surface area contributed by atoms with Gasteiger partial charge in [0.15, 0.2) is 11.6 Å². The zero-order valence-corrected chi connectivity index (χ0v) is 11.5. The smallest absolute Gasteiger partial charge is 0.150 e. The molecule has 2 aromatic rings. The summed E-state index contributed by atoms with van der Waals surface area (Å²) < 4.78 is 40.7. The van der Waals surface area contributed by atoms with Crippen molar-refractivity contribution in [2.45, 2.75) is 0 Å². The van der Waals surface area contributed by atoms with Gasteiger partial charge in [0, 0.05) is 3.57 Å². The van der Waals surface area contributed by atoms with Crippen molar-refractivity contribution in [3.05, 3.63) is 56.9 Å². The van der Waals surface area contributed by atoms with Crippen LogP contribution in [0.5, 0.6) is 0 Å². The Labute approximate surface area is 121 Å². The van der Waals surface area contributed by atoms with Crippen molar-refractivity contribution >= 4 is 34.0 Å². The van der Waals surface area contributed by atoms with E-state index in [1.165, 1.54) is 18.2 Å². The molecule has 0 bridgehead atoms. The summed E-state index contributed by atoms with van der Waals surface area (Å²) in [5.74, 6) is -2.19. The number of hydrogen-bond donors (Lipinski definition) is 1. The molecule has 96 valence electrons. The molecule has 0 aromatic heterocycles. The molecule has 0 spiro atoms. The number of rotatable bonds is 2. The van der Waals surface area contributed by atoms with E-state index in [1.807, 2.05) is 22.6 Å². The minimum absolute atomic E-state index is 0.102. The Balaban J connectivity index is 2.41. The summed E-state index contributed by atoms with van der Waals surface area (Å²) in [5, 5.41) is 11.1. The van der Waals surface area contributed by atoms with E-state index in [0.29, 0.717) is 9.26 Å². The van der Waals surface area contributed by atoms with E-state index in [2.05, 4.69) is 5.32 Å². The average Bonchev–Trinajstić information content (AvgIpc) is 2.35. The first-order chi connectivity index (χ1) is 9.01. The monoisotopic (exact) mass is 374 g/mol. The number of nitrogens with zero attached hydrogens (tertiary/aromatic N) is 1. The molecule has 0 saturated heterocycles. The first kappa shape index (κ1) is 13.7. The van der Waals surface area contributed by atoms with Gasteiger partial charge in [-0.2, -0.15) is 5.26 Å². The molecule has 2 nitrogen and oxygen atoms in total. The second-order valence-corrected chi connectivity index (χ2v) is 4.84.